The molecule has 0 aromatic carbocycles. The summed E-state index contributed by atoms with van der Waals surface area (Å²) < 4.78 is 0. The van der Waals surface area contributed by atoms with Gasteiger partial charge in [0, 0.05) is 11.8 Å². The number of rotatable bonds is 4. The van der Waals surface area contributed by atoms with Gasteiger partial charge in [-0.3, -0.25) is 0 Å². The van der Waals surface area contributed by atoms with Gasteiger partial charge >= 0.3 is 0 Å². The highest BCUT2D eigenvalue weighted by molar-refractivity contribution is 5.41. The summed E-state index contributed by atoms with van der Waals surface area (Å²) >= 11 is 0. The first kappa shape index (κ1) is 24.4. The Bertz CT molecular complexity index is 786. The van der Waals surface area contributed by atoms with Gasteiger partial charge in [0.25, 0.3) is 0 Å². The van der Waals surface area contributed by atoms with Gasteiger partial charge < -0.3 is 20.4 Å². The maximum atomic E-state index is 11.6. The van der Waals surface area contributed by atoms with E-state index in [1.54, 1.807) is 0 Å². The van der Waals surface area contributed by atoms with Gasteiger partial charge in [-0.2, -0.15) is 0 Å². The summed E-state index contributed by atoms with van der Waals surface area (Å²) in [5, 5.41) is 44.4. The average molecular weight is 447 g/mol. The highest BCUT2D eigenvalue weighted by Crippen LogP contribution is 2.66. The summed E-state index contributed by atoms with van der Waals surface area (Å²) in [7, 11) is 0. The second-order valence-electron chi connectivity index (χ2n) is 12.6. The minimum atomic E-state index is -1.46. The Hall–Kier alpha value is -0.680. The molecule has 32 heavy (non-hydrogen) atoms. The second-order valence-corrected chi connectivity index (χ2v) is 12.6. The molecule has 4 aliphatic rings. The van der Waals surface area contributed by atoms with Crippen molar-refractivity contribution in [1.82, 2.24) is 0 Å². The van der Waals surface area contributed by atoms with Gasteiger partial charge in [0.15, 0.2) is 0 Å². The molecule has 0 spiro atoms. The topological polar surface area (TPSA) is 80.9 Å². The van der Waals surface area contributed by atoms with Crippen molar-refractivity contribution in [1.29, 1.82) is 0 Å². The smallest absolute Gasteiger partial charge is 0.113 e. The largest absolute Gasteiger partial charge is 0.393 e. The van der Waals surface area contributed by atoms with E-state index in [1.807, 2.05) is 0 Å². The molecule has 0 aromatic heterocycles. The number of allylic oxidation sites excluding steroid dienone is 2. The molecule has 0 heterocycles. The van der Waals surface area contributed by atoms with Crippen LogP contribution in [0.25, 0.3) is 0 Å². The fourth-order valence-corrected chi connectivity index (χ4v) is 8.08. The first-order valence-corrected chi connectivity index (χ1v) is 13.0. The number of aliphatic hydroxyl groups excluding tert-OH is 3. The van der Waals surface area contributed by atoms with E-state index in [0.29, 0.717) is 36.5 Å². The monoisotopic (exact) mass is 446 g/mol. The fraction of sp³-hybridized carbons (Fsp3) is 0.857. The molecule has 4 nitrogen and oxygen atoms in total. The van der Waals surface area contributed by atoms with Crippen LogP contribution >= 0.6 is 0 Å². The molecular weight excluding hydrogens is 400 g/mol. The summed E-state index contributed by atoms with van der Waals surface area (Å²) in [6.45, 7) is 13.6. The summed E-state index contributed by atoms with van der Waals surface area (Å²) in [6, 6.07) is 0. The molecule has 1 unspecified atom stereocenters. The van der Waals surface area contributed by atoms with Crippen molar-refractivity contribution >= 4 is 0 Å². The minimum Gasteiger partial charge on any atom is -0.393 e. The van der Waals surface area contributed by atoms with Crippen molar-refractivity contribution in [3.63, 3.8) is 0 Å². The van der Waals surface area contributed by atoms with E-state index in [1.165, 1.54) is 5.57 Å². The van der Waals surface area contributed by atoms with Gasteiger partial charge in [0.2, 0.25) is 0 Å². The third-order valence-corrected chi connectivity index (χ3v) is 10.7. The zero-order chi connectivity index (χ0) is 23.6. The lowest BCUT2D eigenvalue weighted by Gasteiger charge is -2.61. The van der Waals surface area contributed by atoms with E-state index in [9.17, 15) is 20.4 Å². The van der Waals surface area contributed by atoms with E-state index in [2.05, 4.69) is 53.7 Å². The standard InChI is InChI=1S/C28H46O4/c1-16(2)17(3)7-8-18(4)20-9-10-21-23-22(12-13-26(20,21)5)27(6)14-11-19(29)15-28(27,32)25(31)24(23)30/h7-8,16-21,24-25,29-32H,9-15H2,1-6H3/b8-7+/t17?,18-,19+,20-,21+,24+,25-,26-,27-,28+/m1/s1. The molecule has 0 amide bonds. The van der Waals surface area contributed by atoms with Crippen LogP contribution in [0.3, 0.4) is 0 Å². The Balaban J connectivity index is 1.68. The van der Waals surface area contributed by atoms with Gasteiger partial charge in [0.05, 0.1) is 6.10 Å². The molecule has 4 rings (SSSR count). The first-order valence-electron chi connectivity index (χ1n) is 13.0. The molecule has 0 saturated heterocycles. The quantitative estimate of drug-likeness (QED) is 0.475. The van der Waals surface area contributed by atoms with Crippen LogP contribution < -0.4 is 0 Å². The Kier molecular flexibility index (Phi) is 6.28. The molecule has 4 N–H and O–H groups in total. The molecular formula is C28H46O4. The molecule has 0 aliphatic heterocycles. The Morgan fingerprint density at radius 2 is 1.62 bits per heavy atom. The lowest BCUT2D eigenvalue weighted by atomic mass is 9.47. The SMILES string of the molecule is CC(C)C(C)/C=C/[C@@H](C)[C@H]1CC[C@H]2C3=C(CC[C@]12C)[C@@]1(C)CC[C@H](O)C[C@]1(O)[C@H](O)[C@H]3O. The van der Waals surface area contributed by atoms with Crippen molar-refractivity contribution in [3.05, 3.63) is 23.3 Å². The molecule has 4 heteroatoms. The third-order valence-electron chi connectivity index (χ3n) is 10.7. The van der Waals surface area contributed by atoms with E-state index >= 15 is 0 Å². The lowest BCUT2D eigenvalue weighted by molar-refractivity contribution is -0.216. The van der Waals surface area contributed by atoms with Crippen LogP contribution in [0.4, 0.5) is 0 Å². The highest BCUT2D eigenvalue weighted by atomic mass is 16.4. The molecule has 2 fully saturated rings. The summed E-state index contributed by atoms with van der Waals surface area (Å²) in [5.74, 6) is 2.50. The van der Waals surface area contributed by atoms with Crippen molar-refractivity contribution < 1.29 is 20.4 Å². The van der Waals surface area contributed by atoms with E-state index < -0.39 is 29.3 Å². The molecule has 182 valence electrons. The van der Waals surface area contributed by atoms with Gasteiger partial charge in [0.1, 0.15) is 17.8 Å². The highest BCUT2D eigenvalue weighted by Gasteiger charge is 2.65. The predicted octanol–water partition coefficient (Wildman–Crippen LogP) is 4.61. The van der Waals surface area contributed by atoms with Gasteiger partial charge in [-0.15, -0.1) is 0 Å². The lowest BCUT2D eigenvalue weighted by Crippen LogP contribution is -2.67. The number of hydrogen-bond acceptors (Lipinski definition) is 4. The Morgan fingerprint density at radius 1 is 0.938 bits per heavy atom. The maximum absolute atomic E-state index is 11.6. The third kappa shape index (κ3) is 3.39. The zero-order valence-electron chi connectivity index (χ0n) is 21.0. The minimum absolute atomic E-state index is 0.102. The van der Waals surface area contributed by atoms with Crippen LogP contribution in [-0.4, -0.2) is 44.3 Å². The zero-order valence-corrected chi connectivity index (χ0v) is 21.0. The maximum Gasteiger partial charge on any atom is 0.113 e. The number of hydrogen-bond donors (Lipinski definition) is 4. The Labute approximate surface area is 194 Å². The molecule has 0 aromatic rings. The summed E-state index contributed by atoms with van der Waals surface area (Å²) in [6.07, 6.45) is 7.45. The van der Waals surface area contributed by atoms with Crippen molar-refractivity contribution in [3.8, 4) is 0 Å². The normalized spacial score (nSPS) is 48.5. The van der Waals surface area contributed by atoms with Crippen molar-refractivity contribution in [2.45, 2.75) is 110 Å². The van der Waals surface area contributed by atoms with Crippen LogP contribution in [0.2, 0.25) is 0 Å². The van der Waals surface area contributed by atoms with Gasteiger partial charge in [-0.25, -0.2) is 0 Å². The van der Waals surface area contributed by atoms with Crippen LogP contribution in [0.15, 0.2) is 23.3 Å². The van der Waals surface area contributed by atoms with E-state index in [4.69, 9.17) is 0 Å². The molecule has 0 bridgehead atoms. The summed E-state index contributed by atoms with van der Waals surface area (Å²) in [5.41, 5.74) is 0.286. The van der Waals surface area contributed by atoms with Crippen LogP contribution in [-0.2, 0) is 0 Å². The Morgan fingerprint density at radius 3 is 2.28 bits per heavy atom. The van der Waals surface area contributed by atoms with E-state index in [-0.39, 0.29) is 17.8 Å². The van der Waals surface area contributed by atoms with Crippen molar-refractivity contribution in [2.75, 3.05) is 0 Å². The van der Waals surface area contributed by atoms with Crippen LogP contribution in [0, 0.1) is 40.4 Å². The fourth-order valence-electron chi connectivity index (χ4n) is 8.08. The van der Waals surface area contributed by atoms with Gasteiger partial charge in [-0.05, 0) is 79.1 Å². The van der Waals surface area contributed by atoms with Gasteiger partial charge in [-0.1, -0.05) is 59.3 Å². The average Bonchev–Trinajstić information content (AvgIpc) is 3.09. The summed E-state index contributed by atoms with van der Waals surface area (Å²) in [4.78, 5) is 0. The second kappa shape index (κ2) is 8.22. The molecule has 4 aliphatic carbocycles. The predicted molar refractivity (Wildman–Crippen MR) is 128 cm³/mol. The number of fused-ring (bicyclic) bond motifs is 4. The van der Waals surface area contributed by atoms with Crippen LogP contribution in [0.5, 0.6) is 0 Å². The first-order chi connectivity index (χ1) is 14.9. The van der Waals surface area contributed by atoms with Crippen LogP contribution in [0.1, 0.15) is 86.5 Å². The molecule has 0 radical (unpaired) electrons. The molecule has 2 saturated carbocycles. The number of aliphatic hydroxyl groups is 4. The van der Waals surface area contributed by atoms with E-state index in [0.717, 1.165) is 31.3 Å². The molecule has 10 atom stereocenters. The van der Waals surface area contributed by atoms with Crippen molar-refractivity contribution in [2.24, 2.45) is 40.4 Å².